The highest BCUT2D eigenvalue weighted by Gasteiger charge is 2.39. The summed E-state index contributed by atoms with van der Waals surface area (Å²) in [6.45, 7) is 4.23. The van der Waals surface area contributed by atoms with Gasteiger partial charge in [0.05, 0.1) is 5.92 Å². The van der Waals surface area contributed by atoms with Gasteiger partial charge in [-0.3, -0.25) is 10.1 Å². The molecule has 138 valence electrons. The average molecular weight is 361 g/mol. The number of aromatic amines is 1. The third kappa shape index (κ3) is 2.79. The van der Waals surface area contributed by atoms with Crippen molar-refractivity contribution < 1.29 is 4.92 Å². The van der Waals surface area contributed by atoms with E-state index in [0.717, 1.165) is 27.9 Å². The standard InChI is InChI=1S/C22H23N3O2/c1-22(2)18-9-5-7-11-20(18)24(3)21(22)12-15(14-25(26)27)17-13-23-19-10-6-4-8-16(17)19/h4-13,15,23H,14H2,1-3H3/b21-12-/t15-/m0/s1. The number of allylic oxidation sites excluding steroid dienone is 1. The summed E-state index contributed by atoms with van der Waals surface area (Å²) in [5.74, 6) is -0.304. The Kier molecular flexibility index (Phi) is 4.02. The van der Waals surface area contributed by atoms with Crippen molar-refractivity contribution in [1.82, 2.24) is 4.98 Å². The molecule has 1 aromatic heterocycles. The molecule has 0 amide bonds. The number of hydrogen-bond acceptors (Lipinski definition) is 3. The second-order valence-corrected chi connectivity index (χ2v) is 7.66. The molecule has 0 bridgehead atoms. The SMILES string of the molecule is CN1/C(=C\[C@@H](C[N+](=O)[O-])c2c[nH]c3ccccc23)C(C)(C)c2ccccc21. The molecule has 0 saturated carbocycles. The zero-order valence-electron chi connectivity index (χ0n) is 15.8. The monoisotopic (exact) mass is 361 g/mol. The van der Waals surface area contributed by atoms with Crippen LogP contribution in [0.25, 0.3) is 10.9 Å². The normalized spacial score (nSPS) is 18.0. The summed E-state index contributed by atoms with van der Waals surface area (Å²) in [4.78, 5) is 16.6. The smallest absolute Gasteiger partial charge is 0.214 e. The summed E-state index contributed by atoms with van der Waals surface area (Å²) in [5, 5.41) is 12.5. The maximum absolute atomic E-state index is 11.4. The second kappa shape index (κ2) is 6.27. The summed E-state index contributed by atoms with van der Waals surface area (Å²) in [7, 11) is 2.04. The van der Waals surface area contributed by atoms with Crippen molar-refractivity contribution in [3.63, 3.8) is 0 Å². The van der Waals surface area contributed by atoms with Crippen molar-refractivity contribution in [2.24, 2.45) is 0 Å². The fraction of sp³-hybridized carbons (Fsp3) is 0.273. The molecule has 1 N–H and O–H groups in total. The van der Waals surface area contributed by atoms with E-state index in [9.17, 15) is 10.1 Å². The van der Waals surface area contributed by atoms with Crippen LogP contribution >= 0.6 is 0 Å². The van der Waals surface area contributed by atoms with Crippen LogP contribution in [0.4, 0.5) is 5.69 Å². The van der Waals surface area contributed by atoms with Crippen molar-refractivity contribution in [3.8, 4) is 0 Å². The van der Waals surface area contributed by atoms with Crippen LogP contribution in [-0.4, -0.2) is 23.5 Å². The first-order valence-electron chi connectivity index (χ1n) is 9.13. The molecule has 2 aromatic carbocycles. The molecule has 1 atom stereocenters. The fourth-order valence-corrected chi connectivity index (χ4v) is 4.29. The van der Waals surface area contributed by atoms with E-state index in [1.165, 1.54) is 5.56 Å². The van der Waals surface area contributed by atoms with E-state index < -0.39 is 0 Å². The van der Waals surface area contributed by atoms with Crippen molar-refractivity contribution in [3.05, 3.63) is 87.7 Å². The average Bonchev–Trinajstić information content (AvgIpc) is 3.15. The van der Waals surface area contributed by atoms with Gasteiger partial charge in [0, 0.05) is 45.9 Å². The van der Waals surface area contributed by atoms with Crippen LogP contribution in [-0.2, 0) is 5.41 Å². The summed E-state index contributed by atoms with van der Waals surface area (Å²) < 4.78 is 0. The molecule has 2 heterocycles. The van der Waals surface area contributed by atoms with Crippen LogP contribution in [0.2, 0.25) is 0 Å². The number of para-hydroxylation sites is 2. The minimum absolute atomic E-state index is 0.133. The summed E-state index contributed by atoms with van der Waals surface area (Å²) in [6.07, 6.45) is 3.99. The highest BCUT2D eigenvalue weighted by molar-refractivity contribution is 5.84. The van der Waals surface area contributed by atoms with Crippen LogP contribution in [0, 0.1) is 10.1 Å². The zero-order chi connectivity index (χ0) is 19.2. The maximum Gasteiger partial charge on any atom is 0.214 e. The number of nitro groups is 1. The molecule has 3 aromatic rings. The number of nitrogens with one attached hydrogen (secondary N) is 1. The van der Waals surface area contributed by atoms with Gasteiger partial charge in [0.15, 0.2) is 0 Å². The fourth-order valence-electron chi connectivity index (χ4n) is 4.29. The molecule has 1 aliphatic rings. The highest BCUT2D eigenvalue weighted by atomic mass is 16.6. The number of hydrogen-bond donors (Lipinski definition) is 1. The Labute approximate surface area is 158 Å². The summed E-state index contributed by atoms with van der Waals surface area (Å²) in [6, 6.07) is 16.3. The number of likely N-dealkylation sites (N-methyl/N-ethyl adjacent to an activating group) is 1. The minimum Gasteiger partial charge on any atom is -0.361 e. The van der Waals surface area contributed by atoms with Gasteiger partial charge in [-0.15, -0.1) is 0 Å². The zero-order valence-corrected chi connectivity index (χ0v) is 15.8. The predicted molar refractivity (Wildman–Crippen MR) is 109 cm³/mol. The Morgan fingerprint density at radius 3 is 2.63 bits per heavy atom. The van der Waals surface area contributed by atoms with Gasteiger partial charge in [-0.2, -0.15) is 0 Å². The van der Waals surface area contributed by atoms with Crippen LogP contribution in [0.3, 0.4) is 0 Å². The molecule has 0 aliphatic carbocycles. The van der Waals surface area contributed by atoms with Gasteiger partial charge < -0.3 is 9.88 Å². The van der Waals surface area contributed by atoms with Crippen LogP contribution in [0.1, 0.15) is 30.9 Å². The number of rotatable bonds is 4. The Morgan fingerprint density at radius 2 is 1.89 bits per heavy atom. The van der Waals surface area contributed by atoms with Gasteiger partial charge in [0.25, 0.3) is 0 Å². The van der Waals surface area contributed by atoms with Crippen LogP contribution < -0.4 is 4.90 Å². The molecule has 5 nitrogen and oxygen atoms in total. The lowest BCUT2D eigenvalue weighted by molar-refractivity contribution is -0.481. The molecule has 0 radical (unpaired) electrons. The van der Waals surface area contributed by atoms with Crippen molar-refractivity contribution in [2.75, 3.05) is 18.5 Å². The van der Waals surface area contributed by atoms with Gasteiger partial charge >= 0.3 is 0 Å². The summed E-state index contributed by atoms with van der Waals surface area (Å²) in [5.41, 5.74) is 5.27. The van der Waals surface area contributed by atoms with E-state index >= 15 is 0 Å². The number of aromatic nitrogens is 1. The van der Waals surface area contributed by atoms with Gasteiger partial charge in [0.1, 0.15) is 0 Å². The van der Waals surface area contributed by atoms with Gasteiger partial charge in [0.2, 0.25) is 6.54 Å². The number of H-pyrrole nitrogens is 1. The molecule has 27 heavy (non-hydrogen) atoms. The molecule has 0 spiro atoms. The van der Waals surface area contributed by atoms with Crippen LogP contribution in [0.15, 0.2) is 66.5 Å². The molecule has 0 unspecified atom stereocenters. The lowest BCUT2D eigenvalue weighted by Gasteiger charge is -2.25. The molecular formula is C22H23N3O2. The second-order valence-electron chi connectivity index (χ2n) is 7.66. The highest BCUT2D eigenvalue weighted by Crippen LogP contribution is 2.47. The Morgan fingerprint density at radius 1 is 1.19 bits per heavy atom. The minimum atomic E-state index is -0.304. The van der Waals surface area contributed by atoms with Gasteiger partial charge in [-0.05, 0) is 29.3 Å². The lowest BCUT2D eigenvalue weighted by Crippen LogP contribution is -2.24. The first kappa shape index (κ1) is 17.3. The van der Waals surface area contributed by atoms with E-state index in [1.807, 2.05) is 49.6 Å². The molecule has 0 fully saturated rings. The van der Waals surface area contributed by atoms with E-state index in [4.69, 9.17) is 0 Å². The third-order valence-corrected chi connectivity index (χ3v) is 5.67. The Bertz CT molecular complexity index is 1050. The number of anilines is 1. The van der Waals surface area contributed by atoms with Gasteiger partial charge in [-0.1, -0.05) is 50.2 Å². The van der Waals surface area contributed by atoms with Gasteiger partial charge in [-0.25, -0.2) is 0 Å². The van der Waals surface area contributed by atoms with Crippen LogP contribution in [0.5, 0.6) is 0 Å². The Balaban J connectivity index is 1.84. The van der Waals surface area contributed by atoms with E-state index in [1.54, 1.807) is 0 Å². The number of nitrogens with zero attached hydrogens (tertiary/aromatic N) is 2. The van der Waals surface area contributed by atoms with E-state index in [-0.39, 0.29) is 22.8 Å². The topological polar surface area (TPSA) is 62.2 Å². The quantitative estimate of drug-likeness (QED) is 0.534. The lowest BCUT2D eigenvalue weighted by atomic mass is 9.82. The van der Waals surface area contributed by atoms with Crippen molar-refractivity contribution in [1.29, 1.82) is 0 Å². The third-order valence-electron chi connectivity index (χ3n) is 5.67. The molecule has 5 heteroatoms. The molecular weight excluding hydrogens is 338 g/mol. The molecule has 4 rings (SSSR count). The number of benzene rings is 2. The van der Waals surface area contributed by atoms with E-state index in [2.05, 4.69) is 41.9 Å². The maximum atomic E-state index is 11.4. The molecule has 1 aliphatic heterocycles. The first-order valence-corrected chi connectivity index (χ1v) is 9.13. The van der Waals surface area contributed by atoms with E-state index in [0.29, 0.717) is 0 Å². The largest absolute Gasteiger partial charge is 0.361 e. The Hall–Kier alpha value is -3.08. The number of fused-ring (bicyclic) bond motifs is 2. The summed E-state index contributed by atoms with van der Waals surface area (Å²) >= 11 is 0. The predicted octanol–water partition coefficient (Wildman–Crippen LogP) is 4.84. The molecule has 0 saturated heterocycles. The first-order chi connectivity index (χ1) is 12.9. The van der Waals surface area contributed by atoms with Crippen molar-refractivity contribution in [2.45, 2.75) is 25.2 Å². The van der Waals surface area contributed by atoms with Crippen molar-refractivity contribution >= 4 is 16.6 Å².